The molecule has 5 rings (SSSR count). The molecule has 0 amide bonds. The van der Waals surface area contributed by atoms with Crippen molar-refractivity contribution in [2.24, 2.45) is 34.6 Å². The molecule has 0 radical (unpaired) electrons. The molecule has 244 valence electrons. The van der Waals surface area contributed by atoms with Crippen LogP contribution in [0.4, 0.5) is 34.6 Å². The second-order valence-corrected chi connectivity index (χ2v) is 11.1. The van der Waals surface area contributed by atoms with E-state index in [1.54, 1.807) is 27.1 Å². The Bertz CT molecular complexity index is 2060. The third kappa shape index (κ3) is 5.90. The van der Waals surface area contributed by atoms with Gasteiger partial charge in [0.15, 0.2) is 46.3 Å². The highest BCUT2D eigenvalue weighted by Crippen LogP contribution is 2.38. The SMILES string of the molecule is COC(=O)c1cnn(C)c1N=Nc1c(C)nn(-c2cc(-n3nc(C(C)(C)C)c(N=Nc4c(C(=O)OC)cnn4C)c3N)ncn2)c1N. The lowest BCUT2D eigenvalue weighted by atomic mass is 9.91. The topological polar surface area (TPSA) is 251 Å². The number of anilines is 2. The van der Waals surface area contributed by atoms with Gasteiger partial charge in [-0.2, -0.15) is 29.8 Å². The highest BCUT2D eigenvalue weighted by Gasteiger charge is 2.28. The number of ether oxygens (including phenoxy) is 2. The number of hydrogen-bond acceptors (Lipinski definition) is 16. The Hall–Kier alpha value is -6.34. The van der Waals surface area contributed by atoms with Crippen LogP contribution in [0.25, 0.3) is 11.6 Å². The van der Waals surface area contributed by atoms with Crippen molar-refractivity contribution in [3.05, 3.63) is 47.3 Å². The fourth-order valence-corrected chi connectivity index (χ4v) is 4.41. The largest absolute Gasteiger partial charge is 0.465 e. The third-order valence-corrected chi connectivity index (χ3v) is 6.86. The number of aromatic nitrogens is 10. The van der Waals surface area contributed by atoms with Crippen LogP contribution in [-0.2, 0) is 29.0 Å². The Kier molecular flexibility index (Phi) is 8.33. The van der Waals surface area contributed by atoms with Gasteiger partial charge in [0.25, 0.3) is 0 Å². The summed E-state index contributed by atoms with van der Waals surface area (Å²) in [7, 11) is 5.75. The van der Waals surface area contributed by atoms with Gasteiger partial charge in [0.1, 0.15) is 17.5 Å². The second-order valence-electron chi connectivity index (χ2n) is 11.1. The molecule has 0 saturated carbocycles. The first-order valence-corrected chi connectivity index (χ1v) is 13.9. The highest BCUT2D eigenvalue weighted by atomic mass is 16.5. The van der Waals surface area contributed by atoms with Crippen molar-refractivity contribution in [2.75, 3.05) is 25.7 Å². The van der Waals surface area contributed by atoms with E-state index >= 15 is 0 Å². The summed E-state index contributed by atoms with van der Waals surface area (Å²) in [6.45, 7) is 7.52. The summed E-state index contributed by atoms with van der Waals surface area (Å²) in [4.78, 5) is 33.0. The molecule has 5 heterocycles. The number of carbonyl (C=O) groups excluding carboxylic acids is 2. The molecule has 0 aliphatic carbocycles. The molecule has 0 spiro atoms. The molecule has 0 unspecified atom stereocenters. The standard InChI is InChI=1S/C27H32N16O4/c1-13-18(34-36-23-14(25(44)46-7)10-32-40(23)5)21(28)42(38-13)16-9-17(31-12-30-16)43-22(29)19(20(39-43)27(2,3)4)35-37-24-15(26(45)47-8)11-33-41(24)6/h9-12H,28-29H2,1-8H3. The van der Waals surface area contributed by atoms with Crippen LogP contribution in [0.2, 0.25) is 0 Å². The van der Waals surface area contributed by atoms with Gasteiger partial charge in [0.05, 0.1) is 38.0 Å². The van der Waals surface area contributed by atoms with E-state index < -0.39 is 17.4 Å². The van der Waals surface area contributed by atoms with Gasteiger partial charge in [-0.05, 0) is 6.92 Å². The molecular weight excluding hydrogens is 612 g/mol. The lowest BCUT2D eigenvalue weighted by Gasteiger charge is -2.15. The van der Waals surface area contributed by atoms with Crippen LogP contribution in [0.1, 0.15) is 52.9 Å². The lowest BCUT2D eigenvalue weighted by molar-refractivity contribution is 0.0592. The fourth-order valence-electron chi connectivity index (χ4n) is 4.41. The van der Waals surface area contributed by atoms with Crippen molar-refractivity contribution in [1.82, 2.24) is 49.1 Å². The van der Waals surface area contributed by atoms with Crippen molar-refractivity contribution >= 4 is 46.6 Å². The number of methoxy groups -OCH3 is 2. The molecule has 0 saturated heterocycles. The van der Waals surface area contributed by atoms with Crippen LogP contribution in [0.3, 0.4) is 0 Å². The summed E-state index contributed by atoms with van der Waals surface area (Å²) >= 11 is 0. The Morgan fingerprint density at radius 2 is 1.23 bits per heavy atom. The van der Waals surface area contributed by atoms with Crippen LogP contribution in [0, 0.1) is 6.92 Å². The first-order chi connectivity index (χ1) is 22.3. The molecule has 20 heteroatoms. The van der Waals surface area contributed by atoms with Gasteiger partial charge < -0.3 is 20.9 Å². The molecular formula is C27H32N16O4. The van der Waals surface area contributed by atoms with Gasteiger partial charge in [-0.1, -0.05) is 20.8 Å². The maximum atomic E-state index is 12.2. The van der Waals surface area contributed by atoms with Crippen molar-refractivity contribution in [2.45, 2.75) is 33.1 Å². The van der Waals surface area contributed by atoms with Gasteiger partial charge in [0.2, 0.25) is 0 Å². The zero-order chi connectivity index (χ0) is 34.2. The molecule has 0 aromatic carbocycles. The van der Waals surface area contributed by atoms with Crippen molar-refractivity contribution in [3.63, 3.8) is 0 Å². The van der Waals surface area contributed by atoms with E-state index in [-0.39, 0.29) is 57.4 Å². The Labute approximate surface area is 267 Å². The van der Waals surface area contributed by atoms with Gasteiger partial charge in [-0.15, -0.1) is 20.5 Å². The van der Waals surface area contributed by atoms with E-state index in [1.807, 2.05) is 20.8 Å². The Morgan fingerprint density at radius 1 is 0.766 bits per heavy atom. The number of carbonyl (C=O) groups is 2. The molecule has 5 aromatic rings. The van der Waals surface area contributed by atoms with E-state index in [2.05, 4.69) is 45.7 Å². The summed E-state index contributed by atoms with van der Waals surface area (Å²) in [5, 5.41) is 34.4. The van der Waals surface area contributed by atoms with E-state index in [9.17, 15) is 9.59 Å². The zero-order valence-corrected chi connectivity index (χ0v) is 26.9. The average molecular weight is 645 g/mol. The van der Waals surface area contributed by atoms with Crippen molar-refractivity contribution < 1.29 is 19.1 Å². The molecule has 0 aliphatic heterocycles. The first-order valence-electron chi connectivity index (χ1n) is 13.9. The molecule has 0 fully saturated rings. The summed E-state index contributed by atoms with van der Waals surface area (Å²) in [5.74, 6) is -0.0632. The molecule has 20 nitrogen and oxygen atoms in total. The van der Waals surface area contributed by atoms with E-state index in [0.717, 1.165) is 0 Å². The minimum absolute atomic E-state index is 0.119. The number of aryl methyl sites for hydroxylation is 3. The van der Waals surface area contributed by atoms with E-state index in [1.165, 1.54) is 51.7 Å². The minimum Gasteiger partial charge on any atom is -0.465 e. The predicted octanol–water partition coefficient (Wildman–Crippen LogP) is 3.49. The highest BCUT2D eigenvalue weighted by molar-refractivity contribution is 5.94. The Morgan fingerprint density at radius 3 is 1.72 bits per heavy atom. The van der Waals surface area contributed by atoms with Crippen LogP contribution in [0.5, 0.6) is 0 Å². The predicted molar refractivity (Wildman–Crippen MR) is 166 cm³/mol. The smallest absolute Gasteiger partial charge is 0.343 e. The monoisotopic (exact) mass is 644 g/mol. The number of azo groups is 2. The summed E-state index contributed by atoms with van der Waals surface area (Å²) in [6, 6.07) is 1.58. The summed E-state index contributed by atoms with van der Waals surface area (Å²) in [6.07, 6.45) is 3.98. The number of nitrogens with zero attached hydrogens (tertiary/aromatic N) is 14. The molecule has 4 N–H and O–H groups in total. The zero-order valence-electron chi connectivity index (χ0n) is 26.9. The number of esters is 2. The molecule has 47 heavy (non-hydrogen) atoms. The lowest BCUT2D eigenvalue weighted by Crippen LogP contribution is -2.13. The van der Waals surface area contributed by atoms with Gasteiger partial charge in [0, 0.05) is 25.6 Å². The minimum atomic E-state index is -0.610. The van der Waals surface area contributed by atoms with Crippen LogP contribution < -0.4 is 11.5 Å². The summed E-state index contributed by atoms with van der Waals surface area (Å²) in [5.41, 5.74) is 14.2. The van der Waals surface area contributed by atoms with Crippen molar-refractivity contribution in [1.29, 1.82) is 0 Å². The van der Waals surface area contributed by atoms with Crippen LogP contribution in [0.15, 0.2) is 45.2 Å². The fraction of sp³-hybridized carbons (Fsp3) is 0.333. The normalized spacial score (nSPS) is 12.0. The quantitative estimate of drug-likeness (QED) is 0.182. The van der Waals surface area contributed by atoms with Gasteiger partial charge >= 0.3 is 11.9 Å². The Balaban J connectivity index is 1.54. The number of rotatable bonds is 8. The van der Waals surface area contributed by atoms with Crippen molar-refractivity contribution in [3.8, 4) is 11.6 Å². The maximum absolute atomic E-state index is 12.2. The number of nitrogens with two attached hydrogens (primary N) is 2. The summed E-state index contributed by atoms with van der Waals surface area (Å²) < 4.78 is 15.1. The van der Waals surface area contributed by atoms with E-state index in [0.29, 0.717) is 11.4 Å². The van der Waals surface area contributed by atoms with Crippen LogP contribution >= 0.6 is 0 Å². The third-order valence-electron chi connectivity index (χ3n) is 6.86. The molecule has 5 aromatic heterocycles. The molecule has 0 atom stereocenters. The average Bonchev–Trinajstić information content (AvgIpc) is 3.77. The first kappa shape index (κ1) is 32.1. The molecule has 0 bridgehead atoms. The van der Waals surface area contributed by atoms with Gasteiger partial charge in [-0.25, -0.2) is 28.9 Å². The molecule has 0 aliphatic rings. The van der Waals surface area contributed by atoms with E-state index in [4.69, 9.17) is 26.0 Å². The maximum Gasteiger partial charge on any atom is 0.343 e. The number of hydrogen-bond donors (Lipinski definition) is 2. The van der Waals surface area contributed by atoms with Gasteiger partial charge in [-0.3, -0.25) is 0 Å². The number of nitrogen functional groups attached to an aromatic ring is 2. The van der Waals surface area contributed by atoms with Crippen LogP contribution in [-0.4, -0.2) is 75.2 Å². The second kappa shape index (κ2) is 12.2.